The molecule has 1 aliphatic rings. The molecule has 1 atom stereocenters. The van der Waals surface area contributed by atoms with Gasteiger partial charge in [-0.3, -0.25) is 0 Å². The van der Waals surface area contributed by atoms with Gasteiger partial charge in [0.1, 0.15) is 6.61 Å². The van der Waals surface area contributed by atoms with Gasteiger partial charge in [-0.15, -0.1) is 0 Å². The highest BCUT2D eigenvalue weighted by Crippen LogP contribution is 2.27. The lowest BCUT2D eigenvalue weighted by molar-refractivity contribution is -0.0384. The molecule has 1 heterocycles. The maximum Gasteiger partial charge on any atom is 0.475 e. The van der Waals surface area contributed by atoms with E-state index in [1.54, 1.807) is 4.90 Å². The van der Waals surface area contributed by atoms with E-state index in [1.165, 1.54) is 24.3 Å². The SMILES string of the molecule is O=C(OCc1ccccc1)N1CCN(c2ccc(S(=O)C(F)(F)F)cc2)CC1. The number of alkyl halides is 3. The van der Waals surface area contributed by atoms with Gasteiger partial charge < -0.3 is 14.5 Å². The fraction of sp³-hybridized carbons (Fsp3) is 0.316. The molecule has 9 heteroatoms. The highest BCUT2D eigenvalue weighted by Gasteiger charge is 2.38. The largest absolute Gasteiger partial charge is 0.475 e. The first kappa shape index (κ1) is 20.2. The second kappa shape index (κ2) is 8.64. The van der Waals surface area contributed by atoms with E-state index < -0.39 is 16.3 Å². The molecule has 28 heavy (non-hydrogen) atoms. The standard InChI is InChI=1S/C19H19F3N2O3S/c20-19(21,22)28(26)17-8-6-16(7-9-17)23-10-12-24(13-11-23)18(25)27-14-15-4-2-1-3-5-15/h1-9H,10-14H2. The molecule has 1 unspecified atom stereocenters. The summed E-state index contributed by atoms with van der Waals surface area (Å²) < 4.78 is 54.2. The van der Waals surface area contributed by atoms with E-state index in [1.807, 2.05) is 35.2 Å². The Morgan fingerprint density at radius 1 is 0.964 bits per heavy atom. The van der Waals surface area contributed by atoms with Gasteiger partial charge >= 0.3 is 11.6 Å². The molecular weight excluding hydrogens is 393 g/mol. The third-order valence-corrected chi connectivity index (χ3v) is 5.49. The van der Waals surface area contributed by atoms with E-state index in [0.717, 1.165) is 11.3 Å². The van der Waals surface area contributed by atoms with E-state index >= 15 is 0 Å². The number of hydrogen-bond acceptors (Lipinski definition) is 4. The number of nitrogens with zero attached hydrogens (tertiary/aromatic N) is 2. The minimum Gasteiger partial charge on any atom is -0.445 e. The first-order valence-electron chi connectivity index (χ1n) is 8.64. The molecule has 3 rings (SSSR count). The predicted octanol–water partition coefficient (Wildman–Crippen LogP) is 3.77. The van der Waals surface area contributed by atoms with Crippen LogP contribution < -0.4 is 4.90 Å². The summed E-state index contributed by atoms with van der Waals surface area (Å²) in [6.07, 6.45) is -0.389. The molecule has 0 N–H and O–H groups in total. The van der Waals surface area contributed by atoms with Crippen LogP contribution in [0, 0.1) is 0 Å². The van der Waals surface area contributed by atoms with Gasteiger partial charge in [0.25, 0.3) is 0 Å². The van der Waals surface area contributed by atoms with Crippen LogP contribution in [0.4, 0.5) is 23.7 Å². The zero-order valence-electron chi connectivity index (χ0n) is 14.9. The summed E-state index contributed by atoms with van der Waals surface area (Å²) in [6.45, 7) is 2.16. The maximum atomic E-state index is 12.5. The van der Waals surface area contributed by atoms with Gasteiger partial charge in [-0.2, -0.15) is 13.2 Å². The number of hydrogen-bond donors (Lipinski definition) is 0. The first-order valence-corrected chi connectivity index (χ1v) is 9.79. The van der Waals surface area contributed by atoms with Crippen LogP contribution in [0.2, 0.25) is 0 Å². The molecule has 0 radical (unpaired) electrons. The second-order valence-corrected chi connectivity index (χ2v) is 7.69. The van der Waals surface area contributed by atoms with Gasteiger partial charge in [0.05, 0.1) is 0 Å². The quantitative estimate of drug-likeness (QED) is 0.767. The zero-order chi connectivity index (χ0) is 20.1. The van der Waals surface area contributed by atoms with Crippen molar-refractivity contribution in [1.29, 1.82) is 0 Å². The van der Waals surface area contributed by atoms with Gasteiger partial charge in [-0.05, 0) is 29.8 Å². The fourth-order valence-electron chi connectivity index (χ4n) is 2.87. The van der Waals surface area contributed by atoms with Gasteiger partial charge in [-0.1, -0.05) is 30.3 Å². The van der Waals surface area contributed by atoms with E-state index in [-0.39, 0.29) is 17.6 Å². The summed E-state index contributed by atoms with van der Waals surface area (Å²) in [4.78, 5) is 15.5. The van der Waals surface area contributed by atoms with E-state index in [0.29, 0.717) is 26.2 Å². The third kappa shape index (κ3) is 5.03. The molecule has 1 saturated heterocycles. The summed E-state index contributed by atoms with van der Waals surface area (Å²) in [5.41, 5.74) is -3.14. The molecule has 0 aliphatic carbocycles. The number of ether oxygens (including phenoxy) is 1. The Morgan fingerprint density at radius 2 is 1.57 bits per heavy atom. The molecule has 1 amide bonds. The number of carbonyl (C=O) groups is 1. The Kier molecular flexibility index (Phi) is 6.23. The van der Waals surface area contributed by atoms with Crippen LogP contribution in [-0.4, -0.2) is 46.9 Å². The fourth-order valence-corrected chi connectivity index (χ4v) is 3.52. The summed E-state index contributed by atoms with van der Waals surface area (Å²) in [5, 5.41) is 0. The monoisotopic (exact) mass is 412 g/mol. The lowest BCUT2D eigenvalue weighted by Crippen LogP contribution is -2.48. The van der Waals surface area contributed by atoms with Crippen LogP contribution in [0.5, 0.6) is 0 Å². The number of piperazine rings is 1. The van der Waals surface area contributed by atoms with E-state index in [9.17, 15) is 22.2 Å². The van der Waals surface area contributed by atoms with Gasteiger partial charge in [0.2, 0.25) is 0 Å². The summed E-state index contributed by atoms with van der Waals surface area (Å²) in [7, 11) is -3.03. The number of carbonyl (C=O) groups excluding carboxylic acids is 1. The number of amides is 1. The van der Waals surface area contributed by atoms with Crippen molar-refractivity contribution in [3.63, 3.8) is 0 Å². The molecule has 0 bridgehead atoms. The van der Waals surface area contributed by atoms with Crippen molar-refractivity contribution in [2.75, 3.05) is 31.1 Å². The molecule has 0 aromatic heterocycles. The van der Waals surface area contributed by atoms with Crippen LogP contribution in [0.1, 0.15) is 5.56 Å². The minimum absolute atomic E-state index is 0.206. The molecule has 0 spiro atoms. The Morgan fingerprint density at radius 3 is 2.14 bits per heavy atom. The van der Waals surface area contributed by atoms with Crippen LogP contribution in [0.3, 0.4) is 0 Å². The van der Waals surface area contributed by atoms with Gasteiger partial charge in [-0.25, -0.2) is 9.00 Å². The predicted molar refractivity (Wildman–Crippen MR) is 99.3 cm³/mol. The lowest BCUT2D eigenvalue weighted by atomic mass is 10.2. The van der Waals surface area contributed by atoms with Crippen LogP contribution in [0.15, 0.2) is 59.5 Å². The van der Waals surface area contributed by atoms with Crippen LogP contribution in [0.25, 0.3) is 0 Å². The summed E-state index contributed by atoms with van der Waals surface area (Å²) in [6, 6.07) is 14.9. The van der Waals surface area contributed by atoms with Crippen molar-refractivity contribution >= 4 is 22.6 Å². The lowest BCUT2D eigenvalue weighted by Gasteiger charge is -2.35. The number of anilines is 1. The number of halogens is 3. The van der Waals surface area contributed by atoms with Crippen molar-refractivity contribution in [2.45, 2.75) is 17.0 Å². The molecule has 150 valence electrons. The molecule has 2 aromatic rings. The molecule has 1 aliphatic heterocycles. The Labute approximate surface area is 163 Å². The highest BCUT2D eigenvalue weighted by atomic mass is 32.2. The van der Waals surface area contributed by atoms with Crippen LogP contribution >= 0.6 is 0 Å². The van der Waals surface area contributed by atoms with Crippen molar-refractivity contribution in [3.05, 3.63) is 60.2 Å². The number of benzene rings is 2. The number of rotatable bonds is 4. The van der Waals surface area contributed by atoms with Crippen molar-refractivity contribution in [3.8, 4) is 0 Å². The summed E-state index contributed by atoms with van der Waals surface area (Å²) in [5.74, 6) is 0. The third-order valence-electron chi connectivity index (χ3n) is 4.37. The first-order chi connectivity index (χ1) is 13.3. The zero-order valence-corrected chi connectivity index (χ0v) is 15.7. The normalized spacial score (nSPS) is 16.0. The molecule has 5 nitrogen and oxygen atoms in total. The second-order valence-electron chi connectivity index (χ2n) is 6.22. The highest BCUT2D eigenvalue weighted by molar-refractivity contribution is 7.86. The van der Waals surface area contributed by atoms with Crippen molar-refractivity contribution < 1.29 is 26.9 Å². The minimum atomic E-state index is -4.77. The molecule has 1 fully saturated rings. The Balaban J connectivity index is 1.51. The maximum absolute atomic E-state index is 12.5. The van der Waals surface area contributed by atoms with E-state index in [2.05, 4.69) is 0 Å². The van der Waals surface area contributed by atoms with Crippen molar-refractivity contribution in [2.24, 2.45) is 0 Å². The average Bonchev–Trinajstić information content (AvgIpc) is 2.72. The molecular formula is C19H19F3N2O3S. The van der Waals surface area contributed by atoms with Gasteiger partial charge in [0, 0.05) is 36.8 Å². The summed E-state index contributed by atoms with van der Waals surface area (Å²) >= 11 is 0. The smallest absolute Gasteiger partial charge is 0.445 e. The van der Waals surface area contributed by atoms with E-state index in [4.69, 9.17) is 4.74 Å². The van der Waals surface area contributed by atoms with Crippen LogP contribution in [-0.2, 0) is 22.1 Å². The Bertz CT molecular complexity index is 821. The average molecular weight is 412 g/mol. The Hall–Kier alpha value is -2.55. The molecule has 2 aromatic carbocycles. The molecule has 0 saturated carbocycles. The van der Waals surface area contributed by atoms with Crippen molar-refractivity contribution in [1.82, 2.24) is 4.90 Å². The van der Waals surface area contributed by atoms with Gasteiger partial charge in [0.15, 0.2) is 10.8 Å². The topological polar surface area (TPSA) is 49.9 Å².